The Morgan fingerprint density at radius 3 is 2.28 bits per heavy atom. The van der Waals surface area contributed by atoms with Gasteiger partial charge in [0.2, 0.25) is 5.91 Å². The molecule has 1 atom stereocenters. The van der Waals surface area contributed by atoms with Crippen molar-refractivity contribution in [3.8, 4) is 5.69 Å². The van der Waals surface area contributed by atoms with E-state index in [-0.39, 0.29) is 17.7 Å². The highest BCUT2D eigenvalue weighted by Crippen LogP contribution is 2.26. The zero-order valence-electron chi connectivity index (χ0n) is 21.9. The number of fused-ring (bicyclic) bond motifs is 1. The van der Waals surface area contributed by atoms with E-state index in [1.165, 1.54) is 0 Å². The van der Waals surface area contributed by atoms with Crippen molar-refractivity contribution in [1.29, 1.82) is 0 Å². The number of piperidine rings is 1. The molecule has 7 nitrogen and oxygen atoms in total. The molecular weight excluding hydrogens is 554 g/mol. The Kier molecular flexibility index (Phi) is 7.48. The number of hydrogen-bond donors (Lipinski definition) is 0. The predicted molar refractivity (Wildman–Crippen MR) is 156 cm³/mol. The number of halogens is 1. The number of imidazole rings is 1. The summed E-state index contributed by atoms with van der Waals surface area (Å²) >= 11 is 3.54. The van der Waals surface area contributed by atoms with Crippen LogP contribution >= 0.6 is 15.9 Å². The molecule has 0 N–H and O–H groups in total. The highest BCUT2D eigenvalue weighted by atomic mass is 79.9. The summed E-state index contributed by atoms with van der Waals surface area (Å²) in [4.78, 5) is 37.5. The number of amides is 2. The van der Waals surface area contributed by atoms with E-state index in [4.69, 9.17) is 4.98 Å². The molecule has 0 bridgehead atoms. The summed E-state index contributed by atoms with van der Waals surface area (Å²) in [7, 11) is 0. The monoisotopic (exact) mass is 585 g/mol. The third-order valence-corrected chi connectivity index (χ3v) is 8.36. The second-order valence-corrected chi connectivity index (χ2v) is 11.3. The first-order chi connectivity index (χ1) is 19.1. The maximum Gasteiger partial charge on any atom is 0.253 e. The third-order valence-electron chi connectivity index (χ3n) is 7.83. The van der Waals surface area contributed by atoms with Crippen molar-refractivity contribution >= 4 is 38.8 Å². The van der Waals surface area contributed by atoms with Crippen molar-refractivity contribution < 1.29 is 9.59 Å². The van der Waals surface area contributed by atoms with Gasteiger partial charge in [-0.15, -0.1) is 0 Å². The maximum atomic E-state index is 13.5. The fourth-order valence-corrected chi connectivity index (χ4v) is 6.08. The van der Waals surface area contributed by atoms with Gasteiger partial charge < -0.3 is 9.80 Å². The van der Waals surface area contributed by atoms with Crippen LogP contribution in [0, 0.1) is 5.92 Å². The van der Waals surface area contributed by atoms with Gasteiger partial charge in [0, 0.05) is 48.4 Å². The summed E-state index contributed by atoms with van der Waals surface area (Å²) in [5.41, 5.74) is 3.84. The molecule has 2 amide bonds. The van der Waals surface area contributed by atoms with E-state index in [0.717, 1.165) is 52.9 Å². The number of para-hydroxylation sites is 2. The van der Waals surface area contributed by atoms with Crippen LogP contribution in [0.1, 0.15) is 29.0 Å². The predicted octanol–water partition coefficient (Wildman–Crippen LogP) is 4.98. The standard InChI is InChI=1S/C31H32BrN5O2/c32-25-12-14-26(15-13-25)37-28-11-5-4-10-27(28)33-29(37)22-34-16-6-9-24(21-34)31(39)36-19-17-35(18-20-36)30(38)23-7-2-1-3-8-23/h1-5,7-8,10-15,24H,6,9,16-22H2/t24-/m1/s1. The van der Waals surface area contributed by atoms with Crippen molar-refractivity contribution in [3.63, 3.8) is 0 Å². The second-order valence-electron chi connectivity index (χ2n) is 10.4. The fourth-order valence-electron chi connectivity index (χ4n) is 5.81. The molecule has 0 saturated carbocycles. The lowest BCUT2D eigenvalue weighted by molar-refractivity contribution is -0.139. The Morgan fingerprint density at radius 2 is 1.51 bits per heavy atom. The van der Waals surface area contributed by atoms with E-state index in [1.54, 1.807) is 0 Å². The number of carbonyl (C=O) groups is 2. The molecule has 200 valence electrons. The van der Waals surface area contributed by atoms with E-state index in [0.29, 0.717) is 38.3 Å². The molecule has 0 aliphatic carbocycles. The third kappa shape index (κ3) is 5.49. The molecule has 4 aromatic rings. The summed E-state index contributed by atoms with van der Waals surface area (Å²) in [6.07, 6.45) is 1.89. The van der Waals surface area contributed by atoms with E-state index in [9.17, 15) is 9.59 Å². The van der Waals surface area contributed by atoms with Gasteiger partial charge in [0.05, 0.1) is 23.5 Å². The SMILES string of the molecule is O=C(c1ccccc1)N1CCN(C(=O)[C@@H]2CCCN(Cc3nc4ccccc4n3-c3ccc(Br)cc3)C2)CC1. The first-order valence-corrected chi connectivity index (χ1v) is 14.4. The highest BCUT2D eigenvalue weighted by molar-refractivity contribution is 9.10. The number of rotatable bonds is 5. The van der Waals surface area contributed by atoms with Crippen molar-refractivity contribution in [1.82, 2.24) is 24.3 Å². The largest absolute Gasteiger partial charge is 0.339 e. The summed E-state index contributed by atoms with van der Waals surface area (Å²) in [5.74, 6) is 1.22. The molecule has 2 saturated heterocycles. The first-order valence-electron chi connectivity index (χ1n) is 13.6. The number of likely N-dealkylation sites (tertiary alicyclic amines) is 1. The maximum absolute atomic E-state index is 13.5. The van der Waals surface area contributed by atoms with Gasteiger partial charge in [0.1, 0.15) is 5.82 Å². The van der Waals surface area contributed by atoms with Crippen LogP contribution in [0.3, 0.4) is 0 Å². The molecule has 0 spiro atoms. The van der Waals surface area contributed by atoms with E-state index < -0.39 is 0 Å². The van der Waals surface area contributed by atoms with Crippen molar-refractivity contribution in [2.75, 3.05) is 39.3 Å². The van der Waals surface area contributed by atoms with E-state index >= 15 is 0 Å². The number of nitrogens with zero attached hydrogens (tertiary/aromatic N) is 5. The molecule has 1 aromatic heterocycles. The zero-order chi connectivity index (χ0) is 26.8. The van der Waals surface area contributed by atoms with Crippen LogP contribution in [0.5, 0.6) is 0 Å². The van der Waals surface area contributed by atoms with Crippen LogP contribution in [0.25, 0.3) is 16.7 Å². The molecule has 2 aliphatic rings. The number of hydrogen-bond acceptors (Lipinski definition) is 4. The van der Waals surface area contributed by atoms with Crippen LogP contribution < -0.4 is 0 Å². The number of aromatic nitrogens is 2. The van der Waals surface area contributed by atoms with E-state index in [1.807, 2.05) is 52.3 Å². The molecule has 2 fully saturated rings. The van der Waals surface area contributed by atoms with Gasteiger partial charge in [-0.3, -0.25) is 19.1 Å². The van der Waals surface area contributed by atoms with Gasteiger partial charge in [0.15, 0.2) is 0 Å². The number of carbonyl (C=O) groups excluding carboxylic acids is 2. The topological polar surface area (TPSA) is 61.7 Å². The molecule has 8 heteroatoms. The molecule has 3 heterocycles. The number of piperazine rings is 1. The summed E-state index contributed by atoms with van der Waals surface area (Å²) in [5, 5.41) is 0. The summed E-state index contributed by atoms with van der Waals surface area (Å²) in [6, 6.07) is 25.9. The Hall–Kier alpha value is -3.49. The molecule has 6 rings (SSSR count). The van der Waals surface area contributed by atoms with Gasteiger partial charge in [-0.2, -0.15) is 0 Å². The van der Waals surface area contributed by atoms with Crippen LogP contribution in [0.4, 0.5) is 0 Å². The molecule has 3 aromatic carbocycles. The Morgan fingerprint density at radius 1 is 0.821 bits per heavy atom. The quantitative estimate of drug-likeness (QED) is 0.331. The van der Waals surface area contributed by atoms with Gasteiger partial charge in [-0.25, -0.2) is 4.98 Å². The lowest BCUT2D eigenvalue weighted by Gasteiger charge is -2.39. The van der Waals surface area contributed by atoms with Crippen LogP contribution in [-0.2, 0) is 11.3 Å². The zero-order valence-corrected chi connectivity index (χ0v) is 23.5. The van der Waals surface area contributed by atoms with Crippen LogP contribution in [0.15, 0.2) is 83.3 Å². The van der Waals surface area contributed by atoms with Gasteiger partial charge in [-0.05, 0) is 67.9 Å². The summed E-state index contributed by atoms with van der Waals surface area (Å²) in [6.45, 7) is 4.70. The minimum Gasteiger partial charge on any atom is -0.339 e. The molecule has 0 unspecified atom stereocenters. The average Bonchev–Trinajstić information content (AvgIpc) is 3.35. The Bertz CT molecular complexity index is 1460. The summed E-state index contributed by atoms with van der Waals surface area (Å²) < 4.78 is 3.27. The first kappa shape index (κ1) is 25.8. The van der Waals surface area contributed by atoms with Gasteiger partial charge in [-0.1, -0.05) is 46.3 Å². The lowest BCUT2D eigenvalue weighted by Crippen LogP contribution is -2.53. The van der Waals surface area contributed by atoms with Crippen molar-refractivity contribution in [2.24, 2.45) is 5.92 Å². The van der Waals surface area contributed by atoms with Crippen LogP contribution in [-0.4, -0.2) is 75.3 Å². The molecule has 39 heavy (non-hydrogen) atoms. The average molecular weight is 587 g/mol. The van der Waals surface area contributed by atoms with Crippen LogP contribution in [0.2, 0.25) is 0 Å². The smallest absolute Gasteiger partial charge is 0.253 e. The molecular formula is C31H32BrN5O2. The fraction of sp³-hybridized carbons (Fsp3) is 0.323. The lowest BCUT2D eigenvalue weighted by atomic mass is 9.96. The van der Waals surface area contributed by atoms with E-state index in [2.05, 4.69) is 61.8 Å². The minimum atomic E-state index is -0.0272. The Labute approximate surface area is 237 Å². The minimum absolute atomic E-state index is 0.0272. The molecule has 2 aliphatic heterocycles. The van der Waals surface area contributed by atoms with Gasteiger partial charge >= 0.3 is 0 Å². The molecule has 0 radical (unpaired) electrons. The normalized spacial score (nSPS) is 18.4. The number of benzene rings is 3. The van der Waals surface area contributed by atoms with Gasteiger partial charge in [0.25, 0.3) is 5.91 Å². The second kappa shape index (κ2) is 11.3. The Balaban J connectivity index is 1.12. The van der Waals surface area contributed by atoms with Crippen molar-refractivity contribution in [2.45, 2.75) is 19.4 Å². The van der Waals surface area contributed by atoms with Crippen molar-refractivity contribution in [3.05, 3.63) is 94.7 Å². The highest BCUT2D eigenvalue weighted by Gasteiger charge is 2.32.